The predicted octanol–water partition coefficient (Wildman–Crippen LogP) is 2.58. The molecule has 0 bridgehead atoms. The highest BCUT2D eigenvalue weighted by Crippen LogP contribution is 2.21. The van der Waals surface area contributed by atoms with Crippen molar-refractivity contribution in [1.82, 2.24) is 24.6 Å². The van der Waals surface area contributed by atoms with Gasteiger partial charge >= 0.3 is 0 Å². The van der Waals surface area contributed by atoms with Crippen LogP contribution in [0, 0.1) is 6.92 Å². The van der Waals surface area contributed by atoms with Gasteiger partial charge in [0.2, 0.25) is 0 Å². The fourth-order valence-electron chi connectivity index (χ4n) is 2.27. The number of aryl methyl sites for hydroxylation is 1. The van der Waals surface area contributed by atoms with Crippen molar-refractivity contribution in [2.24, 2.45) is 0 Å². The van der Waals surface area contributed by atoms with Crippen LogP contribution >= 0.6 is 0 Å². The summed E-state index contributed by atoms with van der Waals surface area (Å²) >= 11 is 0. The topological polar surface area (TPSA) is 58.9 Å². The first-order valence-electron chi connectivity index (χ1n) is 6.07. The van der Waals surface area contributed by atoms with Gasteiger partial charge in [0.05, 0.1) is 16.7 Å². The van der Waals surface area contributed by atoms with Gasteiger partial charge in [0, 0.05) is 18.0 Å². The Morgan fingerprint density at radius 3 is 3.05 bits per heavy atom. The molecule has 1 N–H and O–H groups in total. The van der Waals surface area contributed by atoms with Crippen molar-refractivity contribution in [1.29, 1.82) is 0 Å². The lowest BCUT2D eigenvalue weighted by atomic mass is 10.1. The van der Waals surface area contributed by atoms with Gasteiger partial charge in [-0.15, -0.1) is 0 Å². The second-order valence-corrected chi connectivity index (χ2v) is 4.50. The zero-order valence-electron chi connectivity index (χ0n) is 10.3. The normalized spacial score (nSPS) is 11.4. The molecule has 0 aliphatic rings. The van der Waals surface area contributed by atoms with Crippen LogP contribution in [-0.2, 0) is 0 Å². The fraction of sp³-hybridized carbons (Fsp3) is 0.0714. The van der Waals surface area contributed by atoms with Crippen molar-refractivity contribution in [3.63, 3.8) is 0 Å². The van der Waals surface area contributed by atoms with Crippen molar-refractivity contribution in [3.05, 3.63) is 48.5 Å². The highest BCUT2D eigenvalue weighted by Gasteiger charge is 2.05. The van der Waals surface area contributed by atoms with Crippen LogP contribution in [0.25, 0.3) is 27.9 Å². The third kappa shape index (κ3) is 1.59. The maximum atomic E-state index is 4.54. The molecule has 4 rings (SSSR count). The van der Waals surface area contributed by atoms with Crippen LogP contribution in [0.4, 0.5) is 0 Å². The van der Waals surface area contributed by atoms with Crippen LogP contribution in [0.2, 0.25) is 0 Å². The van der Waals surface area contributed by atoms with E-state index >= 15 is 0 Å². The lowest BCUT2D eigenvalue weighted by Gasteiger charge is -2.01. The van der Waals surface area contributed by atoms with E-state index in [9.17, 15) is 0 Å². The Hall–Kier alpha value is -2.69. The molecular weight excluding hydrogens is 238 g/mol. The largest absolute Gasteiger partial charge is 0.342 e. The molecule has 0 unspecified atom stereocenters. The molecule has 5 heteroatoms. The van der Waals surface area contributed by atoms with E-state index in [1.807, 2.05) is 37.4 Å². The summed E-state index contributed by atoms with van der Waals surface area (Å²) in [4.78, 5) is 11.8. The van der Waals surface area contributed by atoms with Crippen LogP contribution in [0.5, 0.6) is 0 Å². The maximum Gasteiger partial charge on any atom is 0.153 e. The minimum atomic E-state index is 0.849. The molecule has 1 aromatic carbocycles. The molecule has 0 aliphatic carbocycles. The van der Waals surface area contributed by atoms with Gasteiger partial charge in [-0.3, -0.25) is 0 Å². The first-order chi connectivity index (χ1) is 9.29. The van der Waals surface area contributed by atoms with Crippen molar-refractivity contribution >= 4 is 16.7 Å². The number of benzene rings is 1. The van der Waals surface area contributed by atoms with Crippen molar-refractivity contribution in [2.75, 3.05) is 0 Å². The molecule has 4 aromatic rings. The number of imidazole rings is 2. The second-order valence-electron chi connectivity index (χ2n) is 4.50. The molecule has 5 nitrogen and oxygen atoms in total. The molecule has 0 aliphatic heterocycles. The van der Waals surface area contributed by atoms with E-state index in [1.54, 1.807) is 10.7 Å². The van der Waals surface area contributed by atoms with Crippen LogP contribution in [0.15, 0.2) is 42.7 Å². The Labute approximate surface area is 108 Å². The van der Waals surface area contributed by atoms with Crippen LogP contribution in [0.3, 0.4) is 0 Å². The molecule has 0 fully saturated rings. The van der Waals surface area contributed by atoms with E-state index in [2.05, 4.69) is 26.1 Å². The molecule has 3 aromatic heterocycles. The summed E-state index contributed by atoms with van der Waals surface area (Å²) in [6, 6.07) is 10.1. The Balaban J connectivity index is 1.91. The van der Waals surface area contributed by atoms with E-state index < -0.39 is 0 Å². The summed E-state index contributed by atoms with van der Waals surface area (Å²) in [5.74, 6) is 0.921. The van der Waals surface area contributed by atoms with E-state index in [1.165, 1.54) is 0 Å². The number of aromatic nitrogens is 5. The van der Waals surface area contributed by atoms with Gasteiger partial charge in [-0.2, -0.15) is 5.10 Å². The van der Waals surface area contributed by atoms with E-state index in [0.29, 0.717) is 0 Å². The summed E-state index contributed by atoms with van der Waals surface area (Å²) in [6.45, 7) is 1.95. The molecule has 0 radical (unpaired) electrons. The Kier molecular flexibility index (Phi) is 1.97. The Bertz CT molecular complexity index is 887. The second kappa shape index (κ2) is 3.65. The number of fused-ring (bicyclic) bond motifs is 2. The molecule has 0 spiro atoms. The molecule has 0 atom stereocenters. The smallest absolute Gasteiger partial charge is 0.153 e. The first kappa shape index (κ1) is 10.3. The standard InChI is InChI=1S/C14H11N5/c1-9-16-12-3-2-10(8-13(12)17-9)11-4-5-14-15-6-7-19(14)18-11/h2-8H,1H3,(H,16,17). The van der Waals surface area contributed by atoms with Crippen molar-refractivity contribution < 1.29 is 0 Å². The number of hydrogen-bond donors (Lipinski definition) is 1. The summed E-state index contributed by atoms with van der Waals surface area (Å²) < 4.78 is 1.78. The predicted molar refractivity (Wildman–Crippen MR) is 72.8 cm³/mol. The maximum absolute atomic E-state index is 4.54. The number of aromatic amines is 1. The fourth-order valence-corrected chi connectivity index (χ4v) is 2.27. The highest BCUT2D eigenvalue weighted by atomic mass is 15.2. The Morgan fingerprint density at radius 1 is 1.16 bits per heavy atom. The Morgan fingerprint density at radius 2 is 2.11 bits per heavy atom. The summed E-state index contributed by atoms with van der Waals surface area (Å²) in [6.07, 6.45) is 3.59. The quantitative estimate of drug-likeness (QED) is 0.564. The zero-order chi connectivity index (χ0) is 12.8. The van der Waals surface area contributed by atoms with Crippen molar-refractivity contribution in [2.45, 2.75) is 6.92 Å². The zero-order valence-corrected chi connectivity index (χ0v) is 10.3. The van der Waals surface area contributed by atoms with Gasteiger partial charge in [0.1, 0.15) is 5.82 Å². The molecule has 19 heavy (non-hydrogen) atoms. The minimum absolute atomic E-state index is 0.849. The number of rotatable bonds is 1. The SMILES string of the molecule is Cc1nc2ccc(-c3ccc4nccn4n3)cc2[nH]1. The third-order valence-electron chi connectivity index (χ3n) is 3.15. The monoisotopic (exact) mass is 249 g/mol. The van der Waals surface area contributed by atoms with Crippen molar-refractivity contribution in [3.8, 4) is 11.3 Å². The molecule has 3 heterocycles. The van der Waals surface area contributed by atoms with Gasteiger partial charge in [0.25, 0.3) is 0 Å². The van der Waals surface area contributed by atoms with Crippen LogP contribution in [0.1, 0.15) is 5.82 Å². The summed E-state index contributed by atoms with van der Waals surface area (Å²) in [7, 11) is 0. The molecule has 0 saturated carbocycles. The molecular formula is C14H11N5. The van der Waals surface area contributed by atoms with E-state index in [4.69, 9.17) is 0 Å². The van der Waals surface area contributed by atoms with Gasteiger partial charge in [-0.25, -0.2) is 14.5 Å². The number of H-pyrrole nitrogens is 1. The highest BCUT2D eigenvalue weighted by molar-refractivity contribution is 5.81. The van der Waals surface area contributed by atoms with Crippen LogP contribution in [-0.4, -0.2) is 24.6 Å². The first-order valence-corrected chi connectivity index (χ1v) is 6.07. The van der Waals surface area contributed by atoms with Gasteiger partial charge in [-0.1, -0.05) is 6.07 Å². The van der Waals surface area contributed by atoms with Crippen LogP contribution < -0.4 is 0 Å². The van der Waals surface area contributed by atoms with Gasteiger partial charge < -0.3 is 4.98 Å². The molecule has 92 valence electrons. The van der Waals surface area contributed by atoms with E-state index in [-0.39, 0.29) is 0 Å². The minimum Gasteiger partial charge on any atom is -0.342 e. The van der Waals surface area contributed by atoms with Gasteiger partial charge in [0.15, 0.2) is 5.65 Å². The summed E-state index contributed by atoms with van der Waals surface area (Å²) in [5, 5.41) is 4.54. The average Bonchev–Trinajstić information content (AvgIpc) is 3.01. The molecule has 0 saturated heterocycles. The number of nitrogens with zero attached hydrogens (tertiary/aromatic N) is 4. The summed E-state index contributed by atoms with van der Waals surface area (Å²) in [5.41, 5.74) is 4.83. The average molecular weight is 249 g/mol. The number of hydrogen-bond acceptors (Lipinski definition) is 3. The van der Waals surface area contributed by atoms with E-state index in [0.717, 1.165) is 33.8 Å². The lowest BCUT2D eigenvalue weighted by Crippen LogP contribution is -1.92. The number of nitrogens with one attached hydrogen (secondary N) is 1. The third-order valence-corrected chi connectivity index (χ3v) is 3.15. The lowest BCUT2D eigenvalue weighted by molar-refractivity contribution is 0.942. The van der Waals surface area contributed by atoms with Gasteiger partial charge in [-0.05, 0) is 31.2 Å². The molecule has 0 amide bonds.